The molecule has 170 valence electrons. The Morgan fingerprint density at radius 2 is 1.74 bits per heavy atom. The van der Waals surface area contributed by atoms with Gasteiger partial charge >= 0.3 is 0 Å². The minimum atomic E-state index is -0.729. The molecule has 0 aliphatic carbocycles. The number of benzene rings is 3. The van der Waals surface area contributed by atoms with Crippen LogP contribution in [-0.4, -0.2) is 23.9 Å². The number of carbonyl (C=O) groups excluding carboxylic acids is 2. The molecule has 0 spiro atoms. The van der Waals surface area contributed by atoms with E-state index in [9.17, 15) is 14.7 Å². The van der Waals surface area contributed by atoms with Crippen molar-refractivity contribution in [2.75, 3.05) is 12.0 Å². The van der Waals surface area contributed by atoms with Crippen LogP contribution >= 0.6 is 11.3 Å². The summed E-state index contributed by atoms with van der Waals surface area (Å²) >= 11 is 1.45. The zero-order chi connectivity index (χ0) is 24.0. The Morgan fingerprint density at radius 3 is 2.47 bits per heavy atom. The number of rotatable bonds is 4. The molecule has 2 heterocycles. The molecule has 1 aliphatic rings. The highest BCUT2D eigenvalue weighted by atomic mass is 32.1. The second-order valence-corrected chi connectivity index (χ2v) is 9.30. The number of anilines is 1. The average molecular weight is 470 g/mol. The van der Waals surface area contributed by atoms with Crippen molar-refractivity contribution in [1.29, 1.82) is 0 Å². The van der Waals surface area contributed by atoms with Gasteiger partial charge in [-0.1, -0.05) is 42.5 Å². The van der Waals surface area contributed by atoms with Crippen molar-refractivity contribution in [2.45, 2.75) is 19.9 Å². The van der Waals surface area contributed by atoms with Gasteiger partial charge < -0.3 is 9.84 Å². The number of methoxy groups -OCH3 is 1. The monoisotopic (exact) mass is 469 g/mol. The topological polar surface area (TPSA) is 66.8 Å². The molecular weight excluding hydrogens is 446 g/mol. The fraction of sp³-hybridized carbons (Fsp3) is 0.143. The molecule has 0 saturated carbocycles. The minimum Gasteiger partial charge on any atom is -0.507 e. The van der Waals surface area contributed by atoms with E-state index in [0.29, 0.717) is 17.0 Å². The standard InChI is InChI=1S/C28H23NO4S/c1-16-15-22(33-3)17(2)14-20(16)26(30)24-25(23-12-7-13-34-23)29(28(32)27(24)31)21-11-6-9-18-8-4-5-10-19(18)21/h4-15,25,30H,1-3H3/b26-24-. The number of hydrogen-bond donors (Lipinski definition) is 1. The summed E-state index contributed by atoms with van der Waals surface area (Å²) in [5, 5.41) is 15.2. The van der Waals surface area contributed by atoms with E-state index in [1.54, 1.807) is 13.2 Å². The molecule has 1 aromatic heterocycles. The highest BCUT2D eigenvalue weighted by Crippen LogP contribution is 2.45. The third-order valence-corrected chi connectivity index (χ3v) is 7.20. The number of thiophene rings is 1. The van der Waals surface area contributed by atoms with E-state index in [1.807, 2.05) is 79.9 Å². The van der Waals surface area contributed by atoms with E-state index in [2.05, 4.69) is 0 Å². The smallest absolute Gasteiger partial charge is 0.300 e. The van der Waals surface area contributed by atoms with Crippen molar-refractivity contribution in [3.8, 4) is 5.75 Å². The molecule has 1 unspecified atom stereocenters. The van der Waals surface area contributed by atoms with Crippen molar-refractivity contribution in [3.05, 3.63) is 99.3 Å². The molecule has 0 radical (unpaired) electrons. The number of aliphatic hydroxyl groups is 1. The summed E-state index contributed by atoms with van der Waals surface area (Å²) in [5.41, 5.74) is 2.82. The lowest BCUT2D eigenvalue weighted by atomic mass is 9.95. The molecule has 1 N–H and O–H groups in total. The second-order valence-electron chi connectivity index (χ2n) is 8.32. The van der Waals surface area contributed by atoms with E-state index in [-0.39, 0.29) is 11.3 Å². The predicted octanol–water partition coefficient (Wildman–Crippen LogP) is 6.15. The Morgan fingerprint density at radius 1 is 0.971 bits per heavy atom. The molecule has 3 aromatic carbocycles. The van der Waals surface area contributed by atoms with E-state index >= 15 is 0 Å². The first-order valence-electron chi connectivity index (χ1n) is 10.9. The maximum atomic E-state index is 13.5. The first kappa shape index (κ1) is 21.9. The third-order valence-electron chi connectivity index (χ3n) is 6.28. The van der Waals surface area contributed by atoms with Gasteiger partial charge in [-0.25, -0.2) is 0 Å². The van der Waals surface area contributed by atoms with Gasteiger partial charge in [0, 0.05) is 15.8 Å². The van der Waals surface area contributed by atoms with Gasteiger partial charge in [0.1, 0.15) is 17.6 Å². The van der Waals surface area contributed by atoms with E-state index < -0.39 is 17.7 Å². The Balaban J connectivity index is 1.77. The molecule has 1 amide bonds. The van der Waals surface area contributed by atoms with Crippen LogP contribution in [0.15, 0.2) is 77.7 Å². The number of aliphatic hydroxyl groups excluding tert-OH is 1. The van der Waals surface area contributed by atoms with Gasteiger partial charge in [-0.15, -0.1) is 11.3 Å². The fourth-order valence-electron chi connectivity index (χ4n) is 4.63. The second kappa shape index (κ2) is 8.47. The summed E-state index contributed by atoms with van der Waals surface area (Å²) in [6, 6.07) is 20.1. The average Bonchev–Trinajstić information content (AvgIpc) is 3.46. The summed E-state index contributed by atoms with van der Waals surface area (Å²) in [7, 11) is 1.59. The zero-order valence-corrected chi connectivity index (χ0v) is 19.8. The van der Waals surface area contributed by atoms with Crippen LogP contribution in [0.5, 0.6) is 5.75 Å². The number of nitrogens with zero attached hydrogens (tertiary/aromatic N) is 1. The lowest BCUT2D eigenvalue weighted by Crippen LogP contribution is -2.29. The Hall–Kier alpha value is -3.90. The van der Waals surface area contributed by atoms with Gasteiger partial charge in [0.25, 0.3) is 11.7 Å². The quantitative estimate of drug-likeness (QED) is 0.221. The lowest BCUT2D eigenvalue weighted by molar-refractivity contribution is -0.132. The van der Waals surface area contributed by atoms with Gasteiger partial charge in [-0.05, 0) is 60.0 Å². The minimum absolute atomic E-state index is 0.0908. The van der Waals surface area contributed by atoms with E-state index in [4.69, 9.17) is 4.74 Å². The molecule has 0 bridgehead atoms. The van der Waals surface area contributed by atoms with Gasteiger partial charge in [0.05, 0.1) is 18.4 Å². The largest absolute Gasteiger partial charge is 0.507 e. The molecular formula is C28H23NO4S. The summed E-state index contributed by atoms with van der Waals surface area (Å²) in [6.07, 6.45) is 0. The van der Waals surface area contributed by atoms with Gasteiger partial charge in [-0.3, -0.25) is 14.5 Å². The van der Waals surface area contributed by atoms with Crippen molar-refractivity contribution in [3.63, 3.8) is 0 Å². The summed E-state index contributed by atoms with van der Waals surface area (Å²) < 4.78 is 5.39. The number of carbonyl (C=O) groups is 2. The lowest BCUT2D eigenvalue weighted by Gasteiger charge is -2.25. The maximum absolute atomic E-state index is 13.5. The number of aryl methyl sites for hydroxylation is 2. The van der Waals surface area contributed by atoms with Crippen molar-refractivity contribution < 1.29 is 19.4 Å². The summed E-state index contributed by atoms with van der Waals surface area (Å²) in [4.78, 5) is 29.2. The van der Waals surface area contributed by atoms with E-state index in [1.165, 1.54) is 16.2 Å². The number of fused-ring (bicyclic) bond motifs is 1. The number of amides is 1. The number of ether oxygens (including phenoxy) is 1. The van der Waals surface area contributed by atoms with Crippen LogP contribution in [0, 0.1) is 13.8 Å². The van der Waals surface area contributed by atoms with Gasteiger partial charge in [-0.2, -0.15) is 0 Å². The molecule has 34 heavy (non-hydrogen) atoms. The Labute approximate surface area is 201 Å². The fourth-order valence-corrected chi connectivity index (χ4v) is 5.45. The molecule has 6 heteroatoms. The molecule has 5 rings (SSSR count). The molecule has 1 atom stereocenters. The molecule has 5 nitrogen and oxygen atoms in total. The molecule has 4 aromatic rings. The van der Waals surface area contributed by atoms with Crippen LogP contribution in [-0.2, 0) is 9.59 Å². The highest BCUT2D eigenvalue weighted by Gasteiger charge is 2.48. The van der Waals surface area contributed by atoms with Crippen LogP contribution in [0.3, 0.4) is 0 Å². The molecule has 1 fully saturated rings. The maximum Gasteiger partial charge on any atom is 0.300 e. The highest BCUT2D eigenvalue weighted by molar-refractivity contribution is 7.10. The van der Waals surface area contributed by atoms with Crippen LogP contribution < -0.4 is 9.64 Å². The molecule has 1 saturated heterocycles. The van der Waals surface area contributed by atoms with Crippen molar-refractivity contribution in [2.24, 2.45) is 0 Å². The van der Waals surface area contributed by atoms with Crippen LogP contribution in [0.2, 0.25) is 0 Å². The third kappa shape index (κ3) is 3.38. The van der Waals surface area contributed by atoms with Crippen LogP contribution in [0.25, 0.3) is 16.5 Å². The van der Waals surface area contributed by atoms with Crippen molar-refractivity contribution >= 4 is 45.2 Å². The normalized spacial score (nSPS) is 17.5. The molecule has 1 aliphatic heterocycles. The number of ketones is 1. The van der Waals surface area contributed by atoms with Crippen LogP contribution in [0.4, 0.5) is 5.69 Å². The van der Waals surface area contributed by atoms with Crippen LogP contribution in [0.1, 0.15) is 27.6 Å². The predicted molar refractivity (Wildman–Crippen MR) is 136 cm³/mol. The Kier molecular flexibility index (Phi) is 5.46. The number of Topliss-reactive ketones (excluding diaryl/α,β-unsaturated/α-hetero) is 1. The van der Waals surface area contributed by atoms with Gasteiger partial charge in [0.15, 0.2) is 0 Å². The number of hydrogen-bond acceptors (Lipinski definition) is 5. The first-order chi connectivity index (χ1) is 16.4. The van der Waals surface area contributed by atoms with Crippen molar-refractivity contribution in [1.82, 2.24) is 0 Å². The summed E-state index contributed by atoms with van der Waals surface area (Å²) in [5.74, 6) is -0.835. The zero-order valence-electron chi connectivity index (χ0n) is 19.0. The van der Waals surface area contributed by atoms with Gasteiger partial charge in [0.2, 0.25) is 0 Å². The Bertz CT molecular complexity index is 1460. The SMILES string of the molecule is COc1cc(C)c(/C(O)=C2/C(=O)C(=O)N(c3cccc4ccccc34)C2c2cccs2)cc1C. The summed E-state index contributed by atoms with van der Waals surface area (Å²) in [6.45, 7) is 3.72. The first-order valence-corrected chi connectivity index (χ1v) is 11.8. The van der Waals surface area contributed by atoms with E-state index in [0.717, 1.165) is 26.8 Å².